The predicted molar refractivity (Wildman–Crippen MR) is 78.8 cm³/mol. The van der Waals surface area contributed by atoms with E-state index in [0.717, 1.165) is 12.8 Å². The minimum Gasteiger partial charge on any atom is -0.299 e. The molecule has 3 heteroatoms. The van der Waals surface area contributed by atoms with Crippen molar-refractivity contribution in [3.05, 3.63) is 34.9 Å². The topological polar surface area (TPSA) is 34.1 Å². The number of ketones is 2. The first-order chi connectivity index (χ1) is 9.13. The Bertz CT molecular complexity index is 427. The molecular weight excluding hydrogens is 260 g/mol. The van der Waals surface area contributed by atoms with Crippen LogP contribution in [0.5, 0.6) is 0 Å². The van der Waals surface area contributed by atoms with Crippen molar-refractivity contribution in [1.82, 2.24) is 0 Å². The van der Waals surface area contributed by atoms with Crippen molar-refractivity contribution in [1.29, 1.82) is 0 Å². The molecule has 1 rings (SSSR count). The second-order valence-corrected chi connectivity index (χ2v) is 5.25. The number of carbonyl (C=O) groups is 2. The Hall–Kier alpha value is -1.15. The predicted octanol–water partition coefficient (Wildman–Crippen LogP) is 4.84. The Morgan fingerprint density at radius 1 is 1.11 bits per heavy atom. The largest absolute Gasteiger partial charge is 0.299 e. The average Bonchev–Trinajstić information content (AvgIpc) is 2.38. The molecule has 0 spiro atoms. The molecule has 0 aromatic heterocycles. The van der Waals surface area contributed by atoms with E-state index in [4.69, 9.17) is 11.6 Å². The van der Waals surface area contributed by atoms with Crippen molar-refractivity contribution in [2.24, 2.45) is 0 Å². The van der Waals surface area contributed by atoms with Gasteiger partial charge in [0.1, 0.15) is 5.78 Å². The second-order valence-electron chi connectivity index (χ2n) is 4.81. The van der Waals surface area contributed by atoms with Gasteiger partial charge in [-0.3, -0.25) is 9.59 Å². The number of hydrogen-bond acceptors (Lipinski definition) is 2. The van der Waals surface area contributed by atoms with Gasteiger partial charge in [0.15, 0.2) is 5.78 Å². The molecule has 1 aromatic rings. The summed E-state index contributed by atoms with van der Waals surface area (Å²) in [7, 11) is 0. The fraction of sp³-hybridized carbons (Fsp3) is 0.500. The molecule has 0 aliphatic carbocycles. The van der Waals surface area contributed by atoms with Gasteiger partial charge in [-0.05, 0) is 18.6 Å². The fourth-order valence-corrected chi connectivity index (χ4v) is 2.15. The van der Waals surface area contributed by atoms with Gasteiger partial charge in [0.2, 0.25) is 0 Å². The van der Waals surface area contributed by atoms with Crippen molar-refractivity contribution in [3.8, 4) is 0 Å². The van der Waals surface area contributed by atoms with E-state index in [2.05, 4.69) is 6.92 Å². The molecule has 0 N–H and O–H groups in total. The third kappa shape index (κ3) is 6.53. The Kier molecular flexibility index (Phi) is 7.42. The molecule has 0 unspecified atom stereocenters. The van der Waals surface area contributed by atoms with Gasteiger partial charge in [0.05, 0.1) is 6.42 Å². The van der Waals surface area contributed by atoms with Gasteiger partial charge in [-0.25, -0.2) is 0 Å². The maximum Gasteiger partial charge on any atom is 0.170 e. The lowest BCUT2D eigenvalue weighted by Crippen LogP contribution is -2.08. The highest BCUT2D eigenvalue weighted by molar-refractivity contribution is 6.31. The lowest BCUT2D eigenvalue weighted by atomic mass is 10.0. The number of carbonyl (C=O) groups excluding carboxylic acids is 2. The third-order valence-corrected chi connectivity index (χ3v) is 3.30. The smallest absolute Gasteiger partial charge is 0.170 e. The monoisotopic (exact) mass is 280 g/mol. The molecule has 0 heterocycles. The summed E-state index contributed by atoms with van der Waals surface area (Å²) < 4.78 is 0. The van der Waals surface area contributed by atoms with Gasteiger partial charge in [-0.15, -0.1) is 0 Å². The molecule has 0 aliphatic heterocycles. The van der Waals surface area contributed by atoms with Crippen LogP contribution in [0.1, 0.15) is 62.2 Å². The normalized spacial score (nSPS) is 10.4. The van der Waals surface area contributed by atoms with E-state index in [-0.39, 0.29) is 18.0 Å². The molecule has 0 aliphatic rings. The van der Waals surface area contributed by atoms with Crippen LogP contribution in [0.15, 0.2) is 24.3 Å². The van der Waals surface area contributed by atoms with E-state index < -0.39 is 0 Å². The highest BCUT2D eigenvalue weighted by Crippen LogP contribution is 2.13. The highest BCUT2D eigenvalue weighted by Gasteiger charge is 2.11. The number of rotatable bonds is 9. The van der Waals surface area contributed by atoms with E-state index in [0.29, 0.717) is 17.0 Å². The Morgan fingerprint density at radius 3 is 2.53 bits per heavy atom. The van der Waals surface area contributed by atoms with E-state index >= 15 is 0 Å². The fourth-order valence-electron chi connectivity index (χ4n) is 1.96. The minimum absolute atomic E-state index is 0.00583. The Balaban J connectivity index is 2.30. The average molecular weight is 281 g/mol. The van der Waals surface area contributed by atoms with Gasteiger partial charge >= 0.3 is 0 Å². The van der Waals surface area contributed by atoms with E-state index in [1.807, 2.05) is 0 Å². The van der Waals surface area contributed by atoms with Crippen molar-refractivity contribution in [2.75, 3.05) is 0 Å². The lowest BCUT2D eigenvalue weighted by Gasteiger charge is -2.02. The van der Waals surface area contributed by atoms with Crippen molar-refractivity contribution in [3.63, 3.8) is 0 Å². The van der Waals surface area contributed by atoms with Crippen LogP contribution in [-0.4, -0.2) is 11.6 Å². The number of Topliss-reactive ketones (excluding diaryl/α,β-unsaturated/α-hetero) is 2. The molecule has 0 saturated heterocycles. The van der Waals surface area contributed by atoms with Gasteiger partial charge in [0, 0.05) is 17.0 Å². The van der Waals surface area contributed by atoms with Crippen LogP contribution in [0.2, 0.25) is 5.02 Å². The first-order valence-electron chi connectivity index (χ1n) is 6.94. The zero-order valence-corrected chi connectivity index (χ0v) is 12.2. The van der Waals surface area contributed by atoms with Crippen LogP contribution in [0.3, 0.4) is 0 Å². The van der Waals surface area contributed by atoms with Gasteiger partial charge in [-0.1, -0.05) is 56.3 Å². The van der Waals surface area contributed by atoms with E-state index in [9.17, 15) is 9.59 Å². The van der Waals surface area contributed by atoms with Crippen molar-refractivity contribution < 1.29 is 9.59 Å². The zero-order valence-electron chi connectivity index (χ0n) is 11.5. The molecule has 104 valence electrons. The minimum atomic E-state index is -0.138. The van der Waals surface area contributed by atoms with Gasteiger partial charge < -0.3 is 0 Å². The maximum absolute atomic E-state index is 11.9. The van der Waals surface area contributed by atoms with Crippen LogP contribution >= 0.6 is 11.6 Å². The summed E-state index contributed by atoms with van der Waals surface area (Å²) in [6.07, 6.45) is 6.06. The summed E-state index contributed by atoms with van der Waals surface area (Å²) in [5.74, 6) is -0.109. The first kappa shape index (κ1) is 15.9. The SMILES string of the molecule is CCCCCCCC(=O)CC(=O)c1cccc(Cl)c1. The zero-order chi connectivity index (χ0) is 14.1. The van der Waals surface area contributed by atoms with Crippen molar-refractivity contribution >= 4 is 23.2 Å². The molecule has 0 amide bonds. The van der Waals surface area contributed by atoms with Crippen LogP contribution in [0.25, 0.3) is 0 Å². The van der Waals surface area contributed by atoms with Gasteiger partial charge in [-0.2, -0.15) is 0 Å². The Morgan fingerprint density at radius 2 is 1.84 bits per heavy atom. The molecule has 0 radical (unpaired) electrons. The summed E-state index contributed by atoms with van der Waals surface area (Å²) in [5, 5.41) is 0.526. The van der Waals surface area contributed by atoms with Crippen molar-refractivity contribution in [2.45, 2.75) is 51.9 Å². The highest BCUT2D eigenvalue weighted by atomic mass is 35.5. The summed E-state index contributed by atoms with van der Waals surface area (Å²) in [6, 6.07) is 6.75. The number of halogens is 1. The molecule has 19 heavy (non-hydrogen) atoms. The summed E-state index contributed by atoms with van der Waals surface area (Å²) in [5.41, 5.74) is 0.520. The van der Waals surface area contributed by atoms with Crippen LogP contribution in [0, 0.1) is 0 Å². The molecule has 0 fully saturated rings. The molecule has 1 aromatic carbocycles. The quantitative estimate of drug-likeness (QED) is 0.368. The van der Waals surface area contributed by atoms with Crippen LogP contribution in [0.4, 0.5) is 0 Å². The Labute approximate surface area is 120 Å². The number of hydrogen-bond donors (Lipinski definition) is 0. The summed E-state index contributed by atoms with van der Waals surface area (Å²) in [6.45, 7) is 2.16. The molecule has 0 saturated carbocycles. The molecular formula is C16H21ClO2. The maximum atomic E-state index is 11.9. The molecule has 0 bridgehead atoms. The molecule has 2 nitrogen and oxygen atoms in total. The van der Waals surface area contributed by atoms with E-state index in [1.54, 1.807) is 24.3 Å². The lowest BCUT2D eigenvalue weighted by molar-refractivity contribution is -0.118. The first-order valence-corrected chi connectivity index (χ1v) is 7.31. The number of benzene rings is 1. The molecule has 0 atom stereocenters. The van der Waals surface area contributed by atoms with Crippen LogP contribution in [-0.2, 0) is 4.79 Å². The second kappa shape index (κ2) is 8.87. The summed E-state index contributed by atoms with van der Waals surface area (Å²) in [4.78, 5) is 23.6. The summed E-state index contributed by atoms with van der Waals surface area (Å²) >= 11 is 5.82. The third-order valence-electron chi connectivity index (χ3n) is 3.06. The standard InChI is InChI=1S/C16H21ClO2/c1-2-3-4-5-6-10-15(18)12-16(19)13-8-7-9-14(17)11-13/h7-9,11H,2-6,10,12H2,1H3. The van der Waals surface area contributed by atoms with E-state index in [1.165, 1.54) is 19.3 Å². The van der Waals surface area contributed by atoms with Crippen LogP contribution < -0.4 is 0 Å². The van der Waals surface area contributed by atoms with Gasteiger partial charge in [0.25, 0.3) is 0 Å². The number of unbranched alkanes of at least 4 members (excludes halogenated alkanes) is 4.